The number of nitrogens with zero attached hydrogens (tertiary/aromatic N) is 1. The fourth-order valence-corrected chi connectivity index (χ4v) is 4.91. The number of non-ortho nitro benzene ring substituents is 1. The third-order valence-corrected chi connectivity index (χ3v) is 6.53. The summed E-state index contributed by atoms with van der Waals surface area (Å²) in [5, 5.41) is 18.3. The van der Waals surface area contributed by atoms with Crippen molar-refractivity contribution in [3.8, 4) is 0 Å². The average Bonchev–Trinajstić information content (AvgIpc) is 2.99. The molecule has 1 aliphatic heterocycles. The highest BCUT2D eigenvalue weighted by molar-refractivity contribution is 6.10. The minimum atomic E-state index is -0.557. The lowest BCUT2D eigenvalue weighted by Gasteiger charge is -2.34. The van der Waals surface area contributed by atoms with E-state index in [4.69, 9.17) is 0 Å². The lowest BCUT2D eigenvalue weighted by Crippen LogP contribution is -2.31. The predicted molar refractivity (Wildman–Crippen MR) is 134 cm³/mol. The summed E-state index contributed by atoms with van der Waals surface area (Å²) >= 11 is 0. The van der Waals surface area contributed by atoms with Gasteiger partial charge in [0.05, 0.1) is 22.3 Å². The van der Waals surface area contributed by atoms with Crippen LogP contribution in [0.15, 0.2) is 84.1 Å². The van der Waals surface area contributed by atoms with Gasteiger partial charge in [-0.25, -0.2) is 0 Å². The van der Waals surface area contributed by atoms with Crippen LogP contribution in [0.25, 0.3) is 0 Å². The van der Waals surface area contributed by atoms with E-state index in [1.165, 1.54) is 12.1 Å². The van der Waals surface area contributed by atoms with E-state index in [0.717, 1.165) is 5.70 Å². The molecule has 5 rings (SSSR count). The molecule has 0 radical (unpaired) electrons. The first-order chi connectivity index (χ1) is 16.7. The van der Waals surface area contributed by atoms with Crippen LogP contribution in [0, 0.1) is 15.5 Å². The monoisotopic (exact) mass is 467 g/mol. The number of rotatable bonds is 4. The molecule has 1 aliphatic carbocycles. The summed E-state index contributed by atoms with van der Waals surface area (Å²) in [6, 6.07) is 20.3. The van der Waals surface area contributed by atoms with E-state index >= 15 is 0 Å². The second-order valence-electron chi connectivity index (χ2n) is 9.84. The number of ketones is 2. The van der Waals surface area contributed by atoms with Gasteiger partial charge in [-0.05, 0) is 35.6 Å². The van der Waals surface area contributed by atoms with Crippen LogP contribution in [-0.2, 0) is 4.79 Å². The van der Waals surface area contributed by atoms with Crippen molar-refractivity contribution in [1.82, 2.24) is 0 Å². The van der Waals surface area contributed by atoms with Crippen molar-refractivity contribution in [3.63, 3.8) is 0 Å². The second-order valence-corrected chi connectivity index (χ2v) is 9.84. The first-order valence-corrected chi connectivity index (χ1v) is 11.5. The number of nitro groups is 1. The molecule has 0 aromatic heterocycles. The van der Waals surface area contributed by atoms with Gasteiger partial charge in [-0.3, -0.25) is 19.7 Å². The quantitative estimate of drug-likeness (QED) is 0.275. The van der Waals surface area contributed by atoms with E-state index in [2.05, 4.69) is 10.6 Å². The van der Waals surface area contributed by atoms with Crippen LogP contribution in [0.2, 0.25) is 0 Å². The fraction of sp³-hybridized carbons (Fsp3) is 0.214. The Balaban J connectivity index is 1.62. The molecular formula is C28H25N3O4. The van der Waals surface area contributed by atoms with Gasteiger partial charge >= 0.3 is 0 Å². The molecule has 0 saturated carbocycles. The molecule has 2 N–H and O–H groups in total. The molecule has 0 fully saturated rings. The molecule has 7 nitrogen and oxygen atoms in total. The highest BCUT2D eigenvalue weighted by atomic mass is 16.6. The Bertz CT molecular complexity index is 1390. The van der Waals surface area contributed by atoms with Crippen LogP contribution in [-0.4, -0.2) is 16.5 Å². The Morgan fingerprint density at radius 2 is 1.71 bits per heavy atom. The number of nitrogens with one attached hydrogen (secondary N) is 2. The highest BCUT2D eigenvalue weighted by Gasteiger charge is 2.39. The molecule has 3 aromatic rings. The van der Waals surface area contributed by atoms with Crippen LogP contribution in [0.5, 0.6) is 0 Å². The standard InChI is InChI=1S/C28H25N3O4/c1-28(2)15-23-25(24(32)16-28)26(18-9-6-10-20(13-18)31(34)35)30-21-12-11-19(14-22(21)29-23)27(33)17-7-4-3-5-8-17/h3-14,26,29-30H,15-16H2,1-2H3/t26-/m1/s1. The number of hydrogen-bond acceptors (Lipinski definition) is 6. The second kappa shape index (κ2) is 8.51. The van der Waals surface area contributed by atoms with E-state index in [0.29, 0.717) is 46.5 Å². The Morgan fingerprint density at radius 1 is 0.943 bits per heavy atom. The van der Waals surface area contributed by atoms with Crippen molar-refractivity contribution in [2.75, 3.05) is 10.6 Å². The number of allylic oxidation sites excluding steroid dienone is 1. The zero-order valence-corrected chi connectivity index (χ0v) is 19.5. The molecule has 0 amide bonds. The summed E-state index contributed by atoms with van der Waals surface area (Å²) in [4.78, 5) is 37.4. The minimum absolute atomic E-state index is 0.00106. The van der Waals surface area contributed by atoms with Gasteiger partial charge in [0.2, 0.25) is 0 Å². The van der Waals surface area contributed by atoms with E-state index in [-0.39, 0.29) is 22.7 Å². The van der Waals surface area contributed by atoms with Crippen LogP contribution >= 0.6 is 0 Å². The summed E-state index contributed by atoms with van der Waals surface area (Å²) in [5.74, 6) is -0.0925. The van der Waals surface area contributed by atoms with E-state index < -0.39 is 11.0 Å². The molecule has 0 saturated heterocycles. The fourth-order valence-electron chi connectivity index (χ4n) is 4.91. The highest BCUT2D eigenvalue weighted by Crippen LogP contribution is 2.46. The number of hydrogen-bond donors (Lipinski definition) is 2. The molecule has 7 heteroatoms. The van der Waals surface area contributed by atoms with Crippen LogP contribution in [0.1, 0.15) is 54.2 Å². The van der Waals surface area contributed by atoms with Gasteiger partial charge in [0.15, 0.2) is 11.6 Å². The van der Waals surface area contributed by atoms with Crippen molar-refractivity contribution in [2.45, 2.75) is 32.7 Å². The van der Waals surface area contributed by atoms with Crippen LogP contribution < -0.4 is 10.6 Å². The minimum Gasteiger partial charge on any atom is -0.372 e. The van der Waals surface area contributed by atoms with Crippen LogP contribution in [0.3, 0.4) is 0 Å². The number of Topliss-reactive ketones (excluding diaryl/α,β-unsaturated/α-hetero) is 1. The van der Waals surface area contributed by atoms with Gasteiger partial charge in [-0.1, -0.05) is 56.3 Å². The Labute approximate surface area is 203 Å². The Morgan fingerprint density at radius 3 is 2.46 bits per heavy atom. The smallest absolute Gasteiger partial charge is 0.269 e. The number of fused-ring (bicyclic) bond motifs is 1. The number of carbonyl (C=O) groups is 2. The summed E-state index contributed by atoms with van der Waals surface area (Å²) < 4.78 is 0. The molecule has 0 spiro atoms. The van der Waals surface area contributed by atoms with E-state index in [1.54, 1.807) is 36.4 Å². The first-order valence-electron chi connectivity index (χ1n) is 11.5. The van der Waals surface area contributed by atoms with Gasteiger partial charge in [-0.15, -0.1) is 0 Å². The lowest BCUT2D eigenvalue weighted by molar-refractivity contribution is -0.384. The van der Waals surface area contributed by atoms with Gasteiger partial charge in [0.1, 0.15) is 0 Å². The molecule has 1 heterocycles. The SMILES string of the molecule is CC1(C)CC(=O)C2=C(C1)Nc1cc(C(=O)c3ccccc3)ccc1N[C@@H]2c1cccc([N+](=O)[O-])c1. The topological polar surface area (TPSA) is 101 Å². The van der Waals surface area contributed by atoms with Crippen molar-refractivity contribution in [3.05, 3.63) is 111 Å². The van der Waals surface area contributed by atoms with E-state index in [1.807, 2.05) is 38.1 Å². The molecule has 0 bridgehead atoms. The molecular weight excluding hydrogens is 442 g/mol. The number of carbonyl (C=O) groups excluding carboxylic acids is 2. The largest absolute Gasteiger partial charge is 0.372 e. The summed E-state index contributed by atoms with van der Waals surface area (Å²) in [6.45, 7) is 4.10. The molecule has 35 heavy (non-hydrogen) atoms. The molecule has 0 unspecified atom stereocenters. The van der Waals surface area contributed by atoms with E-state index in [9.17, 15) is 19.7 Å². The maximum atomic E-state index is 13.4. The lowest BCUT2D eigenvalue weighted by atomic mass is 9.73. The Kier molecular flexibility index (Phi) is 5.47. The maximum Gasteiger partial charge on any atom is 0.269 e. The number of benzene rings is 3. The third-order valence-electron chi connectivity index (χ3n) is 6.53. The zero-order chi connectivity index (χ0) is 24.7. The van der Waals surface area contributed by atoms with Gasteiger partial charge < -0.3 is 10.6 Å². The molecule has 176 valence electrons. The van der Waals surface area contributed by atoms with Gasteiger partial charge in [-0.2, -0.15) is 0 Å². The maximum absolute atomic E-state index is 13.4. The zero-order valence-electron chi connectivity index (χ0n) is 19.5. The third kappa shape index (κ3) is 4.33. The summed E-state index contributed by atoms with van der Waals surface area (Å²) in [5.41, 5.74) is 4.26. The van der Waals surface area contributed by atoms with Crippen molar-refractivity contribution >= 4 is 28.6 Å². The van der Waals surface area contributed by atoms with Gasteiger partial charge in [0, 0.05) is 41.0 Å². The van der Waals surface area contributed by atoms with Crippen molar-refractivity contribution in [2.24, 2.45) is 5.41 Å². The van der Waals surface area contributed by atoms with Crippen molar-refractivity contribution < 1.29 is 14.5 Å². The van der Waals surface area contributed by atoms with Gasteiger partial charge in [0.25, 0.3) is 5.69 Å². The summed E-state index contributed by atoms with van der Waals surface area (Å²) in [7, 11) is 0. The van der Waals surface area contributed by atoms with Crippen molar-refractivity contribution in [1.29, 1.82) is 0 Å². The predicted octanol–water partition coefficient (Wildman–Crippen LogP) is 6.05. The summed E-state index contributed by atoms with van der Waals surface area (Å²) in [6.07, 6.45) is 1.02. The average molecular weight is 468 g/mol. The normalized spacial score (nSPS) is 18.5. The Hall–Kier alpha value is -4.26. The molecule has 3 aromatic carbocycles. The molecule has 2 aliphatic rings. The van der Waals surface area contributed by atoms with Crippen LogP contribution in [0.4, 0.5) is 17.1 Å². The number of nitro benzene ring substituents is 1. The number of anilines is 2. The molecule has 1 atom stereocenters. The first kappa shape index (κ1) is 22.5.